The molecule has 0 saturated carbocycles. The Bertz CT molecular complexity index is 528. The summed E-state index contributed by atoms with van der Waals surface area (Å²) in [6.45, 7) is 2.27. The number of ether oxygens (including phenoxy) is 4. The second-order valence-corrected chi connectivity index (χ2v) is 4.73. The monoisotopic (exact) mass is 263 g/mol. The summed E-state index contributed by atoms with van der Waals surface area (Å²) in [6, 6.07) is 5.47. The second kappa shape index (κ2) is 4.03. The summed E-state index contributed by atoms with van der Waals surface area (Å²) in [4.78, 5) is 13.5. The number of benzene rings is 1. The molecule has 6 nitrogen and oxygen atoms in total. The van der Waals surface area contributed by atoms with Gasteiger partial charge in [-0.15, -0.1) is 0 Å². The largest absolute Gasteiger partial charge is 0.486 e. The molecule has 3 heterocycles. The van der Waals surface area contributed by atoms with Gasteiger partial charge >= 0.3 is 6.09 Å². The molecule has 3 aliphatic rings. The lowest BCUT2D eigenvalue weighted by Crippen LogP contribution is -2.26. The molecule has 2 atom stereocenters. The fourth-order valence-electron chi connectivity index (χ4n) is 2.36. The first kappa shape index (κ1) is 10.9. The van der Waals surface area contributed by atoms with E-state index >= 15 is 0 Å². The first-order chi connectivity index (χ1) is 9.31. The molecule has 0 radical (unpaired) electrons. The number of carbonyl (C=O) groups is 1. The van der Waals surface area contributed by atoms with Gasteiger partial charge < -0.3 is 18.9 Å². The Morgan fingerprint density at radius 2 is 1.89 bits per heavy atom. The number of hydrogen-bond donors (Lipinski definition) is 0. The van der Waals surface area contributed by atoms with Gasteiger partial charge in [-0.25, -0.2) is 4.79 Å². The van der Waals surface area contributed by atoms with E-state index in [2.05, 4.69) is 0 Å². The Labute approximate surface area is 109 Å². The van der Waals surface area contributed by atoms with Crippen LogP contribution < -0.4 is 14.4 Å². The number of hydrogen-bond acceptors (Lipinski definition) is 5. The van der Waals surface area contributed by atoms with E-state index < -0.39 is 0 Å². The Kier molecular flexibility index (Phi) is 2.32. The maximum Gasteiger partial charge on any atom is 0.414 e. The van der Waals surface area contributed by atoms with E-state index in [4.69, 9.17) is 18.9 Å². The van der Waals surface area contributed by atoms with Crippen LogP contribution in [0.2, 0.25) is 0 Å². The predicted molar refractivity (Wildman–Crippen MR) is 64.8 cm³/mol. The normalized spacial score (nSPS) is 28.2. The van der Waals surface area contributed by atoms with Gasteiger partial charge in [0.2, 0.25) is 0 Å². The van der Waals surface area contributed by atoms with Crippen molar-refractivity contribution >= 4 is 11.8 Å². The van der Waals surface area contributed by atoms with E-state index in [1.807, 2.05) is 18.2 Å². The zero-order chi connectivity index (χ0) is 12.8. The fraction of sp³-hybridized carbons (Fsp3) is 0.462. The summed E-state index contributed by atoms with van der Waals surface area (Å²) in [6.07, 6.45) is -0.441. The van der Waals surface area contributed by atoms with Crippen molar-refractivity contribution in [2.45, 2.75) is 12.2 Å². The number of rotatable bonds is 2. The molecule has 0 bridgehead atoms. The van der Waals surface area contributed by atoms with Crippen molar-refractivity contribution in [3.8, 4) is 11.5 Å². The van der Waals surface area contributed by atoms with Crippen LogP contribution in [0.1, 0.15) is 0 Å². The molecule has 3 aliphatic heterocycles. The third-order valence-electron chi connectivity index (χ3n) is 3.45. The quantitative estimate of drug-likeness (QED) is 0.750. The Hall–Kier alpha value is -1.95. The van der Waals surface area contributed by atoms with E-state index in [0.717, 1.165) is 5.69 Å². The van der Waals surface area contributed by atoms with Crippen molar-refractivity contribution < 1.29 is 23.7 Å². The van der Waals surface area contributed by atoms with Crippen LogP contribution >= 0.6 is 0 Å². The molecule has 0 aliphatic carbocycles. The smallest absolute Gasteiger partial charge is 0.414 e. The third kappa shape index (κ3) is 1.88. The molecule has 1 amide bonds. The van der Waals surface area contributed by atoms with E-state index in [9.17, 15) is 4.79 Å². The Morgan fingerprint density at radius 3 is 2.68 bits per heavy atom. The highest BCUT2D eigenvalue weighted by molar-refractivity contribution is 5.90. The zero-order valence-electron chi connectivity index (χ0n) is 10.2. The van der Waals surface area contributed by atoms with Crippen LogP contribution in [-0.4, -0.2) is 44.7 Å². The summed E-state index contributed by atoms with van der Waals surface area (Å²) in [5, 5.41) is 0. The Morgan fingerprint density at radius 1 is 1.11 bits per heavy atom. The van der Waals surface area contributed by atoms with Gasteiger partial charge in [-0.1, -0.05) is 0 Å². The molecule has 4 rings (SSSR count). The van der Waals surface area contributed by atoms with Crippen LogP contribution in [0, 0.1) is 0 Å². The number of fused-ring (bicyclic) bond motifs is 1. The summed E-state index contributed by atoms with van der Waals surface area (Å²) in [5.41, 5.74) is 0.761. The maximum atomic E-state index is 11.9. The molecule has 2 unspecified atom stereocenters. The summed E-state index contributed by atoms with van der Waals surface area (Å²) < 4.78 is 21.4. The fourth-order valence-corrected chi connectivity index (χ4v) is 2.36. The average Bonchev–Trinajstić information content (AvgIpc) is 3.22. The lowest BCUT2D eigenvalue weighted by molar-refractivity contribution is 0.122. The zero-order valence-corrected chi connectivity index (χ0v) is 10.2. The van der Waals surface area contributed by atoms with Crippen LogP contribution in [0.4, 0.5) is 10.5 Å². The SMILES string of the molecule is O=C1OC(C2CO2)CN1c1ccc2c(c1)OCCO2. The maximum absolute atomic E-state index is 11.9. The molecule has 6 heteroatoms. The van der Waals surface area contributed by atoms with Crippen LogP contribution in [-0.2, 0) is 9.47 Å². The van der Waals surface area contributed by atoms with Crippen molar-refractivity contribution in [2.75, 3.05) is 31.3 Å². The molecule has 19 heavy (non-hydrogen) atoms. The van der Waals surface area contributed by atoms with Gasteiger partial charge in [0, 0.05) is 6.07 Å². The van der Waals surface area contributed by atoms with Gasteiger partial charge in [-0.2, -0.15) is 0 Å². The summed E-state index contributed by atoms with van der Waals surface area (Å²) in [5.74, 6) is 1.38. The second-order valence-electron chi connectivity index (χ2n) is 4.73. The predicted octanol–water partition coefficient (Wildman–Crippen LogP) is 1.18. The number of epoxide rings is 1. The molecule has 1 aromatic carbocycles. The van der Waals surface area contributed by atoms with Gasteiger partial charge in [-0.3, -0.25) is 4.90 Å². The molecule has 0 spiro atoms. The molecular weight excluding hydrogens is 250 g/mol. The Balaban J connectivity index is 1.59. The van der Waals surface area contributed by atoms with Crippen molar-refractivity contribution in [1.29, 1.82) is 0 Å². The van der Waals surface area contributed by atoms with Crippen molar-refractivity contribution in [2.24, 2.45) is 0 Å². The van der Waals surface area contributed by atoms with Crippen LogP contribution in [0.3, 0.4) is 0 Å². The molecule has 1 aromatic rings. The van der Waals surface area contributed by atoms with Gasteiger partial charge in [0.25, 0.3) is 0 Å². The van der Waals surface area contributed by atoms with Gasteiger partial charge in [0.15, 0.2) is 17.6 Å². The number of cyclic esters (lactones) is 1. The standard InChI is InChI=1S/C13H13NO5/c15-13-14(6-11(19-13)12-7-18-12)8-1-2-9-10(5-8)17-4-3-16-9/h1-2,5,11-12H,3-4,6-7H2. The number of anilines is 1. The molecule has 2 saturated heterocycles. The average molecular weight is 263 g/mol. The minimum atomic E-state index is -0.336. The summed E-state index contributed by atoms with van der Waals surface area (Å²) in [7, 11) is 0. The molecule has 100 valence electrons. The highest BCUT2D eigenvalue weighted by Gasteiger charge is 2.43. The van der Waals surface area contributed by atoms with E-state index in [1.165, 1.54) is 0 Å². The van der Waals surface area contributed by atoms with E-state index in [1.54, 1.807) is 4.90 Å². The van der Waals surface area contributed by atoms with Gasteiger partial charge in [0.05, 0.1) is 18.8 Å². The minimum absolute atomic E-state index is 0.0613. The third-order valence-corrected chi connectivity index (χ3v) is 3.45. The van der Waals surface area contributed by atoms with Crippen LogP contribution in [0.5, 0.6) is 11.5 Å². The number of nitrogens with zero attached hydrogens (tertiary/aromatic N) is 1. The lowest BCUT2D eigenvalue weighted by atomic mass is 10.2. The van der Waals surface area contributed by atoms with Crippen molar-refractivity contribution in [1.82, 2.24) is 0 Å². The topological polar surface area (TPSA) is 60.5 Å². The van der Waals surface area contributed by atoms with Crippen LogP contribution in [0.25, 0.3) is 0 Å². The van der Waals surface area contributed by atoms with Gasteiger partial charge in [0.1, 0.15) is 19.3 Å². The highest BCUT2D eigenvalue weighted by Crippen LogP contribution is 2.36. The number of amides is 1. The van der Waals surface area contributed by atoms with Crippen LogP contribution in [0.15, 0.2) is 18.2 Å². The first-order valence-corrected chi connectivity index (χ1v) is 6.31. The van der Waals surface area contributed by atoms with Crippen molar-refractivity contribution in [3.05, 3.63) is 18.2 Å². The molecular formula is C13H13NO5. The summed E-state index contributed by atoms with van der Waals surface area (Å²) >= 11 is 0. The first-order valence-electron chi connectivity index (χ1n) is 6.31. The molecule has 2 fully saturated rings. The van der Waals surface area contributed by atoms with Gasteiger partial charge in [-0.05, 0) is 12.1 Å². The van der Waals surface area contributed by atoms with E-state index in [0.29, 0.717) is 37.9 Å². The minimum Gasteiger partial charge on any atom is -0.486 e. The highest BCUT2D eigenvalue weighted by atomic mass is 16.6. The number of carbonyl (C=O) groups excluding carboxylic acids is 1. The lowest BCUT2D eigenvalue weighted by Gasteiger charge is -2.20. The van der Waals surface area contributed by atoms with Crippen molar-refractivity contribution in [3.63, 3.8) is 0 Å². The molecule has 0 aromatic heterocycles. The van der Waals surface area contributed by atoms with E-state index in [-0.39, 0.29) is 18.3 Å². The molecule has 0 N–H and O–H groups in total.